The van der Waals surface area contributed by atoms with Crippen LogP contribution in [0.5, 0.6) is 0 Å². The standard InChI is InChI=1S/C11H22O2/c1-9(2)5-6-10-12-7-11(3,4)8-13-10/h9-10H,5-8H2,1-4H3. The van der Waals surface area contributed by atoms with Crippen LogP contribution in [0, 0.1) is 11.3 Å². The van der Waals surface area contributed by atoms with Crippen LogP contribution in [0.25, 0.3) is 0 Å². The predicted octanol–water partition coefficient (Wildman–Crippen LogP) is 2.82. The lowest BCUT2D eigenvalue weighted by molar-refractivity contribution is -0.224. The number of rotatable bonds is 3. The van der Waals surface area contributed by atoms with Gasteiger partial charge in [-0.1, -0.05) is 27.7 Å². The Morgan fingerprint density at radius 2 is 1.77 bits per heavy atom. The highest BCUT2D eigenvalue weighted by Crippen LogP contribution is 2.25. The van der Waals surface area contributed by atoms with E-state index in [1.54, 1.807) is 0 Å². The molecular formula is C11H22O2. The molecule has 13 heavy (non-hydrogen) atoms. The van der Waals surface area contributed by atoms with E-state index in [0.29, 0.717) is 0 Å². The van der Waals surface area contributed by atoms with Crippen molar-refractivity contribution in [3.8, 4) is 0 Å². The maximum Gasteiger partial charge on any atom is 0.157 e. The van der Waals surface area contributed by atoms with E-state index >= 15 is 0 Å². The molecule has 0 aliphatic carbocycles. The molecule has 0 aromatic carbocycles. The van der Waals surface area contributed by atoms with Gasteiger partial charge in [-0.2, -0.15) is 0 Å². The van der Waals surface area contributed by atoms with Crippen molar-refractivity contribution in [2.75, 3.05) is 13.2 Å². The fourth-order valence-electron chi connectivity index (χ4n) is 1.36. The van der Waals surface area contributed by atoms with Crippen molar-refractivity contribution in [2.24, 2.45) is 11.3 Å². The Bertz CT molecular complexity index is 139. The first-order chi connectivity index (χ1) is 5.99. The fraction of sp³-hybridized carbons (Fsp3) is 1.00. The van der Waals surface area contributed by atoms with E-state index in [2.05, 4.69) is 27.7 Å². The van der Waals surface area contributed by atoms with Gasteiger partial charge in [-0.05, 0) is 18.8 Å². The summed E-state index contributed by atoms with van der Waals surface area (Å²) in [5.41, 5.74) is 0.203. The molecule has 0 bridgehead atoms. The summed E-state index contributed by atoms with van der Waals surface area (Å²) in [4.78, 5) is 0. The van der Waals surface area contributed by atoms with Crippen molar-refractivity contribution in [1.29, 1.82) is 0 Å². The van der Waals surface area contributed by atoms with Gasteiger partial charge in [0.2, 0.25) is 0 Å². The molecule has 0 saturated carbocycles. The summed E-state index contributed by atoms with van der Waals surface area (Å²) in [6.07, 6.45) is 2.27. The van der Waals surface area contributed by atoms with Crippen molar-refractivity contribution in [3.63, 3.8) is 0 Å². The van der Waals surface area contributed by atoms with Crippen LogP contribution in [0.1, 0.15) is 40.5 Å². The minimum atomic E-state index is 0.0513. The van der Waals surface area contributed by atoms with Crippen molar-refractivity contribution >= 4 is 0 Å². The van der Waals surface area contributed by atoms with Gasteiger partial charge in [0.15, 0.2) is 6.29 Å². The van der Waals surface area contributed by atoms with Crippen molar-refractivity contribution in [1.82, 2.24) is 0 Å². The molecule has 1 saturated heterocycles. The minimum absolute atomic E-state index is 0.0513. The van der Waals surface area contributed by atoms with Gasteiger partial charge in [0.1, 0.15) is 0 Å². The third-order valence-electron chi connectivity index (χ3n) is 2.30. The van der Waals surface area contributed by atoms with Crippen LogP contribution >= 0.6 is 0 Å². The maximum atomic E-state index is 5.62. The summed E-state index contributed by atoms with van der Waals surface area (Å²) >= 11 is 0. The second kappa shape index (κ2) is 4.43. The smallest absolute Gasteiger partial charge is 0.157 e. The molecule has 1 rings (SSSR count). The Morgan fingerprint density at radius 3 is 2.23 bits per heavy atom. The molecule has 0 amide bonds. The quantitative estimate of drug-likeness (QED) is 0.674. The zero-order chi connectivity index (χ0) is 9.90. The van der Waals surface area contributed by atoms with Crippen LogP contribution in [0.4, 0.5) is 0 Å². The summed E-state index contributed by atoms with van der Waals surface area (Å²) in [6, 6.07) is 0. The summed E-state index contributed by atoms with van der Waals surface area (Å²) < 4.78 is 11.2. The number of hydrogen-bond acceptors (Lipinski definition) is 2. The van der Waals surface area contributed by atoms with Crippen molar-refractivity contribution in [2.45, 2.75) is 46.8 Å². The molecule has 1 heterocycles. The zero-order valence-electron chi connectivity index (χ0n) is 9.30. The van der Waals surface area contributed by atoms with Gasteiger partial charge in [-0.3, -0.25) is 0 Å². The van der Waals surface area contributed by atoms with Crippen molar-refractivity contribution < 1.29 is 9.47 Å². The molecule has 1 fully saturated rings. The van der Waals surface area contributed by atoms with E-state index in [0.717, 1.165) is 25.6 Å². The average molecular weight is 186 g/mol. The molecule has 0 radical (unpaired) electrons. The molecule has 0 spiro atoms. The van der Waals surface area contributed by atoms with Crippen LogP contribution in [0.2, 0.25) is 0 Å². The van der Waals surface area contributed by atoms with Gasteiger partial charge in [-0.15, -0.1) is 0 Å². The van der Waals surface area contributed by atoms with Gasteiger partial charge in [-0.25, -0.2) is 0 Å². The van der Waals surface area contributed by atoms with Gasteiger partial charge < -0.3 is 9.47 Å². The Kier molecular flexibility index (Phi) is 3.74. The van der Waals surface area contributed by atoms with E-state index < -0.39 is 0 Å². The molecule has 0 aromatic heterocycles. The highest BCUT2D eigenvalue weighted by Gasteiger charge is 2.27. The highest BCUT2D eigenvalue weighted by atomic mass is 16.7. The molecule has 0 N–H and O–H groups in total. The Morgan fingerprint density at radius 1 is 1.23 bits per heavy atom. The second-order valence-electron chi connectivity index (χ2n) is 5.19. The van der Waals surface area contributed by atoms with Crippen LogP contribution in [-0.2, 0) is 9.47 Å². The Balaban J connectivity index is 2.18. The monoisotopic (exact) mass is 186 g/mol. The van der Waals surface area contributed by atoms with Crippen LogP contribution in [0.15, 0.2) is 0 Å². The van der Waals surface area contributed by atoms with Crippen LogP contribution in [0.3, 0.4) is 0 Å². The molecule has 1 aliphatic heterocycles. The second-order valence-corrected chi connectivity index (χ2v) is 5.19. The molecule has 2 heteroatoms. The highest BCUT2D eigenvalue weighted by molar-refractivity contribution is 4.71. The maximum absolute atomic E-state index is 5.62. The topological polar surface area (TPSA) is 18.5 Å². The Labute approximate surface area is 81.6 Å². The Hall–Kier alpha value is -0.0800. The molecular weight excluding hydrogens is 164 g/mol. The zero-order valence-corrected chi connectivity index (χ0v) is 9.30. The summed E-state index contributed by atoms with van der Waals surface area (Å²) in [6.45, 7) is 10.5. The summed E-state index contributed by atoms with van der Waals surface area (Å²) in [7, 11) is 0. The molecule has 0 atom stereocenters. The first-order valence-corrected chi connectivity index (χ1v) is 5.23. The fourth-order valence-corrected chi connectivity index (χ4v) is 1.36. The van der Waals surface area contributed by atoms with E-state index in [1.807, 2.05) is 0 Å². The van der Waals surface area contributed by atoms with E-state index in [9.17, 15) is 0 Å². The molecule has 2 nitrogen and oxygen atoms in total. The normalized spacial score (nSPS) is 23.8. The summed E-state index contributed by atoms with van der Waals surface area (Å²) in [5.74, 6) is 0.738. The van der Waals surface area contributed by atoms with Gasteiger partial charge >= 0.3 is 0 Å². The van der Waals surface area contributed by atoms with Crippen molar-refractivity contribution in [3.05, 3.63) is 0 Å². The molecule has 78 valence electrons. The lowest BCUT2D eigenvalue weighted by Gasteiger charge is -2.34. The third kappa shape index (κ3) is 4.10. The average Bonchev–Trinajstić information content (AvgIpc) is 2.02. The molecule has 0 unspecified atom stereocenters. The lowest BCUT2D eigenvalue weighted by Crippen LogP contribution is -2.37. The minimum Gasteiger partial charge on any atom is -0.352 e. The van der Waals surface area contributed by atoms with E-state index in [-0.39, 0.29) is 11.7 Å². The van der Waals surface area contributed by atoms with Gasteiger partial charge in [0.25, 0.3) is 0 Å². The summed E-state index contributed by atoms with van der Waals surface area (Å²) in [5, 5.41) is 0. The first kappa shape index (κ1) is 11.0. The predicted molar refractivity (Wildman–Crippen MR) is 53.5 cm³/mol. The molecule has 0 aromatic rings. The number of hydrogen-bond donors (Lipinski definition) is 0. The van der Waals surface area contributed by atoms with E-state index in [1.165, 1.54) is 6.42 Å². The van der Waals surface area contributed by atoms with E-state index in [4.69, 9.17) is 9.47 Å². The van der Waals surface area contributed by atoms with Gasteiger partial charge in [0, 0.05) is 5.41 Å². The molecule has 1 aliphatic rings. The lowest BCUT2D eigenvalue weighted by atomic mass is 9.95. The number of ether oxygens (including phenoxy) is 2. The van der Waals surface area contributed by atoms with Crippen LogP contribution < -0.4 is 0 Å². The third-order valence-corrected chi connectivity index (χ3v) is 2.30. The van der Waals surface area contributed by atoms with Crippen LogP contribution in [-0.4, -0.2) is 19.5 Å². The first-order valence-electron chi connectivity index (χ1n) is 5.23. The largest absolute Gasteiger partial charge is 0.352 e. The SMILES string of the molecule is CC(C)CCC1OCC(C)(C)CO1. The van der Waals surface area contributed by atoms with Gasteiger partial charge in [0.05, 0.1) is 13.2 Å².